The predicted molar refractivity (Wildman–Crippen MR) is 75.5 cm³/mol. The number of methoxy groups -OCH3 is 1. The van der Waals surface area contributed by atoms with Gasteiger partial charge in [-0.2, -0.15) is 0 Å². The fraction of sp³-hybridized carbons (Fsp3) is 0.500. The Morgan fingerprint density at radius 2 is 2.44 bits per heavy atom. The van der Waals surface area contributed by atoms with Crippen LogP contribution < -0.4 is 0 Å². The lowest BCUT2D eigenvalue weighted by molar-refractivity contribution is 0.0782. The van der Waals surface area contributed by atoms with E-state index in [-0.39, 0.29) is 11.3 Å². The van der Waals surface area contributed by atoms with Gasteiger partial charge in [0.25, 0.3) is 5.91 Å². The van der Waals surface area contributed by atoms with Crippen molar-refractivity contribution in [2.45, 2.75) is 5.38 Å². The minimum atomic E-state index is -0.170. The van der Waals surface area contributed by atoms with Crippen molar-refractivity contribution in [3.63, 3.8) is 0 Å². The van der Waals surface area contributed by atoms with E-state index in [0.717, 1.165) is 8.45 Å². The number of amides is 1. The van der Waals surface area contributed by atoms with Crippen LogP contribution in [0.25, 0.3) is 0 Å². The number of thiophene rings is 1. The van der Waals surface area contributed by atoms with E-state index < -0.39 is 0 Å². The molecule has 90 valence electrons. The Morgan fingerprint density at radius 1 is 1.75 bits per heavy atom. The van der Waals surface area contributed by atoms with Gasteiger partial charge in [-0.1, -0.05) is 0 Å². The highest BCUT2D eigenvalue weighted by Gasteiger charge is 2.16. The number of hydrogen-bond acceptors (Lipinski definition) is 3. The molecule has 0 N–H and O–H groups in total. The monoisotopic (exact) mass is 373 g/mol. The first kappa shape index (κ1) is 14.2. The van der Waals surface area contributed by atoms with E-state index in [1.807, 2.05) is 11.4 Å². The third-order valence-corrected chi connectivity index (χ3v) is 4.03. The standard InChI is InChI=1S/C10H13ClINO2S/c1-13(4-8(11)5-15-2)10(14)7-3-9(12)16-6-7/h3,6,8H,4-5H2,1-2H3. The summed E-state index contributed by atoms with van der Waals surface area (Å²) in [5.74, 6) is 0.000851. The summed E-state index contributed by atoms with van der Waals surface area (Å²) < 4.78 is 6.03. The van der Waals surface area contributed by atoms with Gasteiger partial charge in [0.2, 0.25) is 0 Å². The van der Waals surface area contributed by atoms with Crippen molar-refractivity contribution in [3.05, 3.63) is 19.9 Å². The van der Waals surface area contributed by atoms with E-state index in [1.54, 1.807) is 30.4 Å². The predicted octanol–water partition coefficient (Wildman–Crippen LogP) is 2.68. The van der Waals surface area contributed by atoms with E-state index in [0.29, 0.717) is 13.2 Å². The van der Waals surface area contributed by atoms with Crippen LogP contribution in [0.2, 0.25) is 0 Å². The molecular formula is C10H13ClINO2S. The lowest BCUT2D eigenvalue weighted by atomic mass is 10.3. The fourth-order valence-corrected chi connectivity index (χ4v) is 2.91. The molecule has 0 saturated heterocycles. The SMILES string of the molecule is COCC(Cl)CN(C)C(=O)c1csc(I)c1. The van der Waals surface area contributed by atoms with Crippen molar-refractivity contribution in [2.24, 2.45) is 0 Å². The maximum atomic E-state index is 11.9. The van der Waals surface area contributed by atoms with Gasteiger partial charge in [0.05, 0.1) is 20.4 Å². The Kier molecular flexibility index (Phi) is 6.02. The highest BCUT2D eigenvalue weighted by atomic mass is 127. The highest BCUT2D eigenvalue weighted by Crippen LogP contribution is 2.18. The summed E-state index contributed by atoms with van der Waals surface area (Å²) in [4.78, 5) is 13.5. The average Bonchev–Trinajstić information content (AvgIpc) is 2.64. The first-order chi connectivity index (χ1) is 7.54. The van der Waals surface area contributed by atoms with Gasteiger partial charge in [0, 0.05) is 26.1 Å². The van der Waals surface area contributed by atoms with Crippen molar-refractivity contribution in [2.75, 3.05) is 27.3 Å². The van der Waals surface area contributed by atoms with E-state index in [9.17, 15) is 4.79 Å². The Morgan fingerprint density at radius 3 is 2.94 bits per heavy atom. The van der Waals surface area contributed by atoms with Gasteiger partial charge in [0.15, 0.2) is 0 Å². The highest BCUT2D eigenvalue weighted by molar-refractivity contribution is 14.1. The number of nitrogens with zero attached hydrogens (tertiary/aromatic N) is 1. The third-order valence-electron chi connectivity index (χ3n) is 1.98. The van der Waals surface area contributed by atoms with E-state index in [2.05, 4.69) is 22.6 Å². The van der Waals surface area contributed by atoms with Crippen LogP contribution >= 0.6 is 45.5 Å². The summed E-state index contributed by atoms with van der Waals surface area (Å²) in [7, 11) is 3.34. The molecule has 1 atom stereocenters. The minimum Gasteiger partial charge on any atom is -0.383 e. The number of halogens is 2. The summed E-state index contributed by atoms with van der Waals surface area (Å²) in [5.41, 5.74) is 0.721. The lowest BCUT2D eigenvalue weighted by Gasteiger charge is -2.19. The molecule has 3 nitrogen and oxygen atoms in total. The van der Waals surface area contributed by atoms with Crippen LogP contribution in [-0.4, -0.2) is 43.5 Å². The molecule has 0 aromatic carbocycles. The Labute approximate surface area is 118 Å². The molecule has 0 aliphatic rings. The zero-order valence-electron chi connectivity index (χ0n) is 9.07. The summed E-state index contributed by atoms with van der Waals surface area (Å²) >= 11 is 9.75. The summed E-state index contributed by atoms with van der Waals surface area (Å²) in [6, 6.07) is 1.88. The Bertz CT molecular complexity index is 358. The molecule has 0 saturated carbocycles. The van der Waals surface area contributed by atoms with Crippen molar-refractivity contribution < 1.29 is 9.53 Å². The maximum absolute atomic E-state index is 11.9. The van der Waals surface area contributed by atoms with Crippen LogP contribution in [0.1, 0.15) is 10.4 Å². The molecule has 1 unspecified atom stereocenters. The first-order valence-corrected chi connectivity index (χ1v) is 7.06. The van der Waals surface area contributed by atoms with E-state index in [4.69, 9.17) is 16.3 Å². The van der Waals surface area contributed by atoms with Crippen LogP contribution in [0.3, 0.4) is 0 Å². The van der Waals surface area contributed by atoms with Crippen LogP contribution in [-0.2, 0) is 4.74 Å². The van der Waals surface area contributed by atoms with Gasteiger partial charge in [0.1, 0.15) is 0 Å². The molecule has 0 fully saturated rings. The number of alkyl halides is 1. The number of ether oxygens (including phenoxy) is 1. The topological polar surface area (TPSA) is 29.5 Å². The van der Waals surface area contributed by atoms with Crippen molar-refractivity contribution in [3.8, 4) is 0 Å². The molecule has 1 amide bonds. The van der Waals surface area contributed by atoms with Gasteiger partial charge in [-0.15, -0.1) is 22.9 Å². The van der Waals surface area contributed by atoms with Crippen LogP contribution in [0.4, 0.5) is 0 Å². The molecule has 6 heteroatoms. The average molecular weight is 374 g/mol. The zero-order valence-corrected chi connectivity index (χ0v) is 12.8. The Hall–Kier alpha value is 0.150. The van der Waals surface area contributed by atoms with Gasteiger partial charge >= 0.3 is 0 Å². The van der Waals surface area contributed by atoms with Gasteiger partial charge in [-0.05, 0) is 28.7 Å². The molecule has 0 aliphatic carbocycles. The molecule has 1 rings (SSSR count). The van der Waals surface area contributed by atoms with Crippen molar-refractivity contribution in [1.82, 2.24) is 4.90 Å². The molecule has 1 aromatic heterocycles. The Balaban J connectivity index is 2.54. The molecule has 1 heterocycles. The number of hydrogen-bond donors (Lipinski definition) is 0. The van der Waals surface area contributed by atoms with E-state index in [1.165, 1.54) is 0 Å². The van der Waals surface area contributed by atoms with E-state index >= 15 is 0 Å². The number of carbonyl (C=O) groups is 1. The minimum absolute atomic E-state index is 0.000851. The third kappa shape index (κ3) is 4.20. The lowest BCUT2D eigenvalue weighted by Crippen LogP contribution is -2.33. The maximum Gasteiger partial charge on any atom is 0.254 e. The van der Waals surface area contributed by atoms with Gasteiger partial charge < -0.3 is 9.64 Å². The van der Waals surface area contributed by atoms with Crippen LogP contribution in [0.5, 0.6) is 0 Å². The second-order valence-electron chi connectivity index (χ2n) is 3.38. The first-order valence-electron chi connectivity index (χ1n) is 4.67. The molecule has 0 radical (unpaired) electrons. The second-order valence-corrected chi connectivity index (χ2v) is 6.80. The number of rotatable bonds is 5. The quantitative estimate of drug-likeness (QED) is 0.587. The smallest absolute Gasteiger partial charge is 0.254 e. The summed E-state index contributed by atoms with van der Waals surface area (Å²) in [6.07, 6.45) is 0. The normalized spacial score (nSPS) is 12.5. The summed E-state index contributed by atoms with van der Waals surface area (Å²) in [6.45, 7) is 0.932. The summed E-state index contributed by atoms with van der Waals surface area (Å²) in [5, 5.41) is 1.69. The van der Waals surface area contributed by atoms with Gasteiger partial charge in [-0.3, -0.25) is 4.79 Å². The number of carbonyl (C=O) groups excluding carboxylic acids is 1. The largest absolute Gasteiger partial charge is 0.383 e. The molecule has 0 bridgehead atoms. The van der Waals surface area contributed by atoms with Crippen molar-refractivity contribution >= 4 is 51.4 Å². The zero-order chi connectivity index (χ0) is 12.1. The fourth-order valence-electron chi connectivity index (χ4n) is 1.26. The molecule has 0 aliphatic heterocycles. The molecule has 0 spiro atoms. The molecular weight excluding hydrogens is 361 g/mol. The molecule has 16 heavy (non-hydrogen) atoms. The van der Waals surface area contributed by atoms with Crippen molar-refractivity contribution in [1.29, 1.82) is 0 Å². The van der Waals surface area contributed by atoms with Gasteiger partial charge in [-0.25, -0.2) is 0 Å². The molecule has 1 aromatic rings. The van der Waals surface area contributed by atoms with Crippen LogP contribution in [0.15, 0.2) is 11.4 Å². The second kappa shape index (κ2) is 6.78. The van der Waals surface area contributed by atoms with Crippen LogP contribution in [0, 0.1) is 2.88 Å².